The molecule has 0 spiro atoms. The fraction of sp³-hybridized carbons (Fsp3) is 0.792. The van der Waals surface area contributed by atoms with Gasteiger partial charge in [0.1, 0.15) is 14.5 Å². The number of hydrogen-bond donors (Lipinski definition) is 2. The number of ketones is 1. The van der Waals surface area contributed by atoms with Crippen LogP contribution in [0.15, 0.2) is 14.5 Å². The third kappa shape index (κ3) is 7.81. The molecule has 0 bridgehead atoms. The summed E-state index contributed by atoms with van der Waals surface area (Å²) in [7, 11) is -6.48. The second-order valence-electron chi connectivity index (χ2n) is 10.4. The van der Waals surface area contributed by atoms with E-state index < -0.39 is 32.2 Å². The molecule has 0 amide bonds. The lowest BCUT2D eigenvalue weighted by Gasteiger charge is -2.32. The van der Waals surface area contributed by atoms with Gasteiger partial charge < -0.3 is 14.8 Å². The number of carbonyl (C=O) groups is 1. The van der Waals surface area contributed by atoms with Gasteiger partial charge in [0.25, 0.3) is 20.0 Å². The summed E-state index contributed by atoms with van der Waals surface area (Å²) in [4.78, 5) is 13.1. The number of likely N-dealkylation sites (N-methyl/N-ethyl adjacent to an activating group) is 1. The topological polar surface area (TPSA) is 131 Å². The number of fused-ring (bicyclic) bond motifs is 1. The number of hydrogen-bond acceptors (Lipinski definition) is 9. The van der Waals surface area contributed by atoms with Crippen molar-refractivity contribution in [1.82, 2.24) is 14.3 Å². The minimum Gasteiger partial charge on any atom is -0.385 e. The van der Waals surface area contributed by atoms with Crippen LogP contribution in [0, 0.1) is 5.41 Å². The van der Waals surface area contributed by atoms with Gasteiger partial charge in [0.05, 0.1) is 12.1 Å². The zero-order valence-electron chi connectivity index (χ0n) is 23.2. The molecule has 1 aliphatic heterocycles. The molecule has 37 heavy (non-hydrogen) atoms. The maximum Gasteiger partial charge on any atom is 0.252 e. The summed E-state index contributed by atoms with van der Waals surface area (Å²) < 4.78 is 68.1. The van der Waals surface area contributed by atoms with E-state index in [0.29, 0.717) is 36.5 Å². The highest BCUT2D eigenvalue weighted by molar-refractivity contribution is 7.94. The molecule has 0 aliphatic carbocycles. The van der Waals surface area contributed by atoms with Crippen LogP contribution >= 0.6 is 11.3 Å². The van der Waals surface area contributed by atoms with Crippen LogP contribution in [-0.2, 0) is 34.3 Å². The summed E-state index contributed by atoms with van der Waals surface area (Å²) in [6.07, 6.45) is -0.273. The molecule has 0 saturated carbocycles. The van der Waals surface area contributed by atoms with E-state index in [2.05, 4.69) is 10.0 Å². The Morgan fingerprint density at radius 1 is 1.27 bits per heavy atom. The number of sulfonamides is 2. The summed E-state index contributed by atoms with van der Waals surface area (Å²) >= 11 is 0.715. The van der Waals surface area contributed by atoms with Gasteiger partial charge in [-0.1, -0.05) is 34.6 Å². The fourth-order valence-corrected chi connectivity index (χ4v) is 9.12. The lowest BCUT2D eigenvalue weighted by molar-refractivity contribution is -0.138. The first-order valence-corrected chi connectivity index (χ1v) is 16.4. The van der Waals surface area contributed by atoms with Gasteiger partial charge in [0.2, 0.25) is 0 Å². The van der Waals surface area contributed by atoms with Crippen LogP contribution < -0.4 is 10.0 Å². The number of Topliss-reactive ketones (excluding diaryl/α,β-unsaturated/α-hetero) is 1. The monoisotopic (exact) mass is 581 g/mol. The van der Waals surface area contributed by atoms with Crippen molar-refractivity contribution in [2.75, 3.05) is 33.4 Å². The normalized spacial score (nSPS) is 20.8. The largest absolute Gasteiger partial charge is 0.385 e. The molecule has 10 nitrogen and oxygen atoms in total. The Hall–Kier alpha value is -0.930. The van der Waals surface area contributed by atoms with Crippen molar-refractivity contribution in [3.8, 4) is 0 Å². The Morgan fingerprint density at radius 3 is 2.46 bits per heavy atom. The fourth-order valence-electron chi connectivity index (χ4n) is 3.93. The predicted octanol–water partition coefficient (Wildman–Crippen LogP) is 2.91. The van der Waals surface area contributed by atoms with Crippen LogP contribution in [0.25, 0.3) is 0 Å². The second kappa shape index (κ2) is 12.9. The van der Waals surface area contributed by atoms with Crippen LogP contribution in [0.5, 0.6) is 0 Å². The lowest BCUT2D eigenvalue weighted by Crippen LogP contribution is -2.46. The van der Waals surface area contributed by atoms with E-state index in [-0.39, 0.29) is 51.3 Å². The summed E-state index contributed by atoms with van der Waals surface area (Å²) in [6, 6.07) is 0.0681. The third-order valence-electron chi connectivity index (χ3n) is 6.59. The van der Waals surface area contributed by atoms with Crippen molar-refractivity contribution < 1.29 is 31.1 Å². The summed E-state index contributed by atoms with van der Waals surface area (Å²) in [5.41, 5.74) is 0.253. The summed E-state index contributed by atoms with van der Waals surface area (Å²) in [5, 5.41) is 3.26. The molecular formula is C24H43N3O7S3. The summed E-state index contributed by atoms with van der Waals surface area (Å²) in [5.74, 6) is -0.369. The van der Waals surface area contributed by atoms with Gasteiger partial charge in [-0.05, 0) is 44.7 Å². The molecule has 0 saturated heterocycles. The first kappa shape index (κ1) is 32.3. The third-order valence-corrected chi connectivity index (χ3v) is 12.1. The maximum atomic E-state index is 13.4. The van der Waals surface area contributed by atoms with Crippen LogP contribution in [0.3, 0.4) is 0 Å². The Bertz CT molecular complexity index is 1130. The van der Waals surface area contributed by atoms with E-state index in [1.807, 2.05) is 34.6 Å². The molecule has 1 aromatic rings. The van der Waals surface area contributed by atoms with E-state index in [1.54, 1.807) is 21.0 Å². The zero-order chi connectivity index (χ0) is 28.2. The van der Waals surface area contributed by atoms with Gasteiger partial charge in [0.15, 0.2) is 5.78 Å². The first-order valence-electron chi connectivity index (χ1n) is 12.7. The number of methoxy groups -OCH3 is 1. The van der Waals surface area contributed by atoms with E-state index in [4.69, 9.17) is 9.47 Å². The minimum atomic E-state index is -4.17. The molecule has 0 aromatic carbocycles. The number of nitrogens with one attached hydrogen (secondary N) is 2. The van der Waals surface area contributed by atoms with E-state index in [1.165, 1.54) is 10.4 Å². The van der Waals surface area contributed by atoms with Crippen molar-refractivity contribution >= 4 is 37.2 Å². The van der Waals surface area contributed by atoms with Gasteiger partial charge in [-0.15, -0.1) is 11.3 Å². The Labute approximate surface area is 226 Å². The molecule has 4 atom stereocenters. The molecule has 0 radical (unpaired) electrons. The first-order chi connectivity index (χ1) is 17.1. The number of thiophene rings is 1. The van der Waals surface area contributed by atoms with Gasteiger partial charge in [-0.2, -0.15) is 9.03 Å². The zero-order valence-corrected chi connectivity index (χ0v) is 25.6. The Morgan fingerprint density at radius 2 is 1.92 bits per heavy atom. The molecule has 2 heterocycles. The van der Waals surface area contributed by atoms with Crippen LogP contribution in [0.1, 0.15) is 72.9 Å². The molecule has 0 fully saturated rings. The Balaban J connectivity index is 2.33. The number of nitrogens with zero attached hydrogens (tertiary/aromatic N) is 1. The highest BCUT2D eigenvalue weighted by Crippen LogP contribution is 2.40. The number of rotatable bonds is 14. The highest BCUT2D eigenvalue weighted by atomic mass is 32.3. The maximum absolute atomic E-state index is 13.4. The van der Waals surface area contributed by atoms with E-state index in [0.717, 1.165) is 0 Å². The molecular weight excluding hydrogens is 538 g/mol. The van der Waals surface area contributed by atoms with Crippen molar-refractivity contribution in [1.29, 1.82) is 0 Å². The van der Waals surface area contributed by atoms with Crippen LogP contribution in [-0.4, -0.2) is 78.5 Å². The molecule has 2 unspecified atom stereocenters. The number of carbonyl (C=O) groups excluding carboxylic acids is 1. The molecule has 13 heteroatoms. The molecule has 2 rings (SSSR count). The SMILES string of the molecule is CCN[C@H]1CN(CCCOC)S(=O)(=O)c2sc(S(=O)(=O)NC(CC)C(=O)[C@H](C)OC(C)C(C)(C)C)cc21. The molecule has 1 aliphatic rings. The Kier molecular flexibility index (Phi) is 11.3. The van der Waals surface area contributed by atoms with Crippen LogP contribution in [0.4, 0.5) is 0 Å². The van der Waals surface area contributed by atoms with Gasteiger partial charge in [-0.25, -0.2) is 16.8 Å². The quantitative estimate of drug-likeness (QED) is 0.321. The van der Waals surface area contributed by atoms with Crippen molar-refractivity contribution in [2.45, 2.75) is 94.0 Å². The molecule has 214 valence electrons. The van der Waals surface area contributed by atoms with E-state index in [9.17, 15) is 21.6 Å². The van der Waals surface area contributed by atoms with Crippen LogP contribution in [0.2, 0.25) is 0 Å². The molecule has 1 aromatic heterocycles. The minimum absolute atomic E-state index is 0.0116. The van der Waals surface area contributed by atoms with Crippen molar-refractivity contribution in [3.05, 3.63) is 11.6 Å². The average Bonchev–Trinajstić information content (AvgIpc) is 3.27. The van der Waals surface area contributed by atoms with E-state index >= 15 is 0 Å². The second-order valence-corrected chi connectivity index (χ2v) is 15.5. The summed E-state index contributed by atoms with van der Waals surface area (Å²) in [6.45, 7) is 14.6. The van der Waals surface area contributed by atoms with Gasteiger partial charge in [-0.3, -0.25) is 4.79 Å². The molecule has 2 N–H and O–H groups in total. The van der Waals surface area contributed by atoms with Gasteiger partial charge in [0, 0.05) is 38.4 Å². The van der Waals surface area contributed by atoms with Crippen molar-refractivity contribution in [3.63, 3.8) is 0 Å². The average molecular weight is 582 g/mol. The standard InChI is InChI=1S/C24H43N3O7S3/c1-9-19(22(28)16(3)34-17(4)24(5,6)7)26-36(29,30)21-14-18-20(25-10-2)15-27(12-11-13-33-8)37(31,32)23(18)35-21/h14,16-17,19-20,25-26H,9-13,15H2,1-8H3/t16-,17?,19?,20-/m0/s1. The predicted molar refractivity (Wildman–Crippen MR) is 145 cm³/mol. The highest BCUT2D eigenvalue weighted by Gasteiger charge is 2.40. The van der Waals surface area contributed by atoms with Crippen molar-refractivity contribution in [2.24, 2.45) is 5.41 Å². The smallest absolute Gasteiger partial charge is 0.252 e. The lowest BCUT2D eigenvalue weighted by atomic mass is 9.90. The number of ether oxygens (including phenoxy) is 2. The van der Waals surface area contributed by atoms with Gasteiger partial charge >= 0.3 is 0 Å².